The van der Waals surface area contributed by atoms with Crippen molar-refractivity contribution in [3.63, 3.8) is 0 Å². The molecule has 0 atom stereocenters. The number of carbonyl (C=O) groups is 1. The molecule has 0 saturated carbocycles. The highest BCUT2D eigenvalue weighted by Crippen LogP contribution is 1.97. The molecule has 2 nitrogen and oxygen atoms in total. The summed E-state index contributed by atoms with van der Waals surface area (Å²) in [7, 11) is -0.699. The predicted octanol–water partition coefficient (Wildman–Crippen LogP) is 1.75. The molecule has 0 aromatic carbocycles. The second-order valence-corrected chi connectivity index (χ2v) is 4.40. The summed E-state index contributed by atoms with van der Waals surface area (Å²) in [5, 5.41) is 0. The minimum absolute atomic E-state index is 0.0424. The van der Waals surface area contributed by atoms with E-state index in [0.717, 1.165) is 5.76 Å². The molecule has 0 aliphatic rings. The van der Waals surface area contributed by atoms with Crippen LogP contribution < -0.4 is 0 Å². The number of carbonyl (C=O) groups excluding carboxylic acids is 1. The first-order chi connectivity index (χ1) is 4.52. The van der Waals surface area contributed by atoms with Gasteiger partial charge in [-0.05, 0) is 26.9 Å². The summed E-state index contributed by atoms with van der Waals surface area (Å²) >= 11 is 0. The Morgan fingerprint density at radius 2 is 1.90 bits per heavy atom. The molecule has 3 heteroatoms. The fourth-order valence-electron chi connectivity index (χ4n) is 0.638. The van der Waals surface area contributed by atoms with Gasteiger partial charge < -0.3 is 4.43 Å². The third-order valence-electron chi connectivity index (χ3n) is 0.772. The maximum Gasteiger partial charge on any atom is 0.273 e. The third kappa shape index (κ3) is 5.56. The van der Waals surface area contributed by atoms with Gasteiger partial charge >= 0.3 is 0 Å². The molecule has 10 heavy (non-hydrogen) atoms. The van der Waals surface area contributed by atoms with Crippen molar-refractivity contribution in [2.24, 2.45) is 0 Å². The van der Waals surface area contributed by atoms with Crippen LogP contribution in [0, 0.1) is 0 Å². The first kappa shape index (κ1) is 9.43. The quantitative estimate of drug-likeness (QED) is 0.354. The zero-order valence-corrected chi connectivity index (χ0v) is 7.89. The molecule has 0 aliphatic carbocycles. The number of ketones is 1. The lowest BCUT2D eigenvalue weighted by atomic mass is 10.4. The van der Waals surface area contributed by atoms with E-state index in [9.17, 15) is 4.79 Å². The molecule has 0 aliphatic heterocycles. The van der Waals surface area contributed by atoms with Gasteiger partial charge in [-0.3, -0.25) is 4.79 Å². The van der Waals surface area contributed by atoms with Gasteiger partial charge in [0.1, 0.15) is 0 Å². The summed E-state index contributed by atoms with van der Waals surface area (Å²) in [6.07, 6.45) is 1.51. The fourth-order valence-corrected chi connectivity index (χ4v) is 1.34. The van der Waals surface area contributed by atoms with Gasteiger partial charge in [0.05, 0.1) is 5.76 Å². The van der Waals surface area contributed by atoms with Crippen molar-refractivity contribution in [3.8, 4) is 0 Å². The second-order valence-electron chi connectivity index (χ2n) is 2.38. The summed E-state index contributed by atoms with van der Waals surface area (Å²) < 4.78 is 5.30. The largest absolute Gasteiger partial charge is 0.546 e. The van der Waals surface area contributed by atoms with E-state index < -0.39 is 9.04 Å². The lowest BCUT2D eigenvalue weighted by Gasteiger charge is -2.06. The Bertz CT molecular complexity index is 150. The van der Waals surface area contributed by atoms with E-state index in [1.165, 1.54) is 13.0 Å². The normalized spacial score (nSPS) is 11.9. The molecule has 0 bridgehead atoms. The number of rotatable bonds is 3. The van der Waals surface area contributed by atoms with E-state index in [2.05, 4.69) is 0 Å². The molecule has 0 amide bonds. The molecule has 0 saturated heterocycles. The first-order valence-corrected chi connectivity index (χ1v) is 5.60. The van der Waals surface area contributed by atoms with Crippen molar-refractivity contribution < 1.29 is 9.22 Å². The number of hydrogen-bond donors (Lipinski definition) is 0. The van der Waals surface area contributed by atoms with Crippen LogP contribution in [-0.2, 0) is 9.22 Å². The van der Waals surface area contributed by atoms with Crippen LogP contribution in [0.25, 0.3) is 0 Å². The molecule has 57 valence electrons. The monoisotopic (exact) mass is 157 g/mol. The van der Waals surface area contributed by atoms with Crippen molar-refractivity contribution in [2.75, 3.05) is 0 Å². The summed E-state index contributed by atoms with van der Waals surface area (Å²) in [4.78, 5) is 10.5. The molecule has 1 radical (unpaired) electrons. The fraction of sp³-hybridized carbons (Fsp3) is 0.571. The number of allylic oxidation sites excluding steroid dienone is 2. The van der Waals surface area contributed by atoms with Gasteiger partial charge in [0.15, 0.2) is 5.78 Å². The topological polar surface area (TPSA) is 26.3 Å². The van der Waals surface area contributed by atoms with E-state index >= 15 is 0 Å². The molecule has 0 N–H and O–H groups in total. The highest BCUT2D eigenvalue weighted by Gasteiger charge is 1.98. The lowest BCUT2D eigenvalue weighted by Crippen LogP contribution is -2.06. The van der Waals surface area contributed by atoms with Crippen molar-refractivity contribution in [3.05, 3.63) is 11.8 Å². The molecule has 0 aromatic rings. The highest BCUT2D eigenvalue weighted by atomic mass is 28.3. The highest BCUT2D eigenvalue weighted by molar-refractivity contribution is 6.48. The maximum atomic E-state index is 10.5. The lowest BCUT2D eigenvalue weighted by molar-refractivity contribution is -0.112. The molecular formula is C7H13O2Si. The molecule has 0 rings (SSSR count). The Hall–Kier alpha value is -0.573. The van der Waals surface area contributed by atoms with Crippen molar-refractivity contribution in [1.29, 1.82) is 0 Å². The first-order valence-electron chi connectivity index (χ1n) is 3.19. The Balaban J connectivity index is 3.83. The SMILES string of the molecule is CC(=O)/C=C(/C)O[Si](C)C. The number of hydrogen-bond acceptors (Lipinski definition) is 2. The molecule has 0 heterocycles. The van der Waals surface area contributed by atoms with Crippen molar-refractivity contribution in [1.82, 2.24) is 0 Å². The van der Waals surface area contributed by atoms with E-state index in [-0.39, 0.29) is 5.78 Å². The Morgan fingerprint density at radius 1 is 1.40 bits per heavy atom. The van der Waals surface area contributed by atoms with Gasteiger partial charge in [0.25, 0.3) is 9.04 Å². The van der Waals surface area contributed by atoms with Crippen LogP contribution >= 0.6 is 0 Å². The van der Waals surface area contributed by atoms with Crippen LogP contribution in [0.15, 0.2) is 11.8 Å². The summed E-state index contributed by atoms with van der Waals surface area (Å²) in [6.45, 7) is 7.38. The minimum atomic E-state index is -0.699. The van der Waals surface area contributed by atoms with Crippen LogP contribution in [0.3, 0.4) is 0 Å². The van der Waals surface area contributed by atoms with Gasteiger partial charge in [0, 0.05) is 6.08 Å². The molecule has 0 fully saturated rings. The van der Waals surface area contributed by atoms with Gasteiger partial charge in [-0.1, -0.05) is 0 Å². The van der Waals surface area contributed by atoms with Gasteiger partial charge in [-0.2, -0.15) is 0 Å². The van der Waals surface area contributed by atoms with E-state index in [1.807, 2.05) is 13.1 Å². The van der Waals surface area contributed by atoms with E-state index in [4.69, 9.17) is 4.43 Å². The maximum absolute atomic E-state index is 10.5. The Morgan fingerprint density at radius 3 is 2.20 bits per heavy atom. The summed E-state index contributed by atoms with van der Waals surface area (Å²) in [5.41, 5.74) is 0. The zero-order chi connectivity index (χ0) is 8.15. The van der Waals surface area contributed by atoms with E-state index in [0.29, 0.717) is 0 Å². The van der Waals surface area contributed by atoms with Crippen LogP contribution in [-0.4, -0.2) is 14.8 Å². The zero-order valence-electron chi connectivity index (χ0n) is 6.89. The van der Waals surface area contributed by atoms with Gasteiger partial charge in [-0.25, -0.2) is 0 Å². The predicted molar refractivity (Wildman–Crippen MR) is 43.0 cm³/mol. The smallest absolute Gasteiger partial charge is 0.273 e. The molecule has 0 spiro atoms. The minimum Gasteiger partial charge on any atom is -0.546 e. The van der Waals surface area contributed by atoms with Crippen LogP contribution in [0.4, 0.5) is 0 Å². The van der Waals surface area contributed by atoms with Crippen LogP contribution in [0.1, 0.15) is 13.8 Å². The van der Waals surface area contributed by atoms with Crippen LogP contribution in [0.5, 0.6) is 0 Å². The Labute approximate surface area is 63.6 Å². The van der Waals surface area contributed by atoms with Crippen molar-refractivity contribution >= 4 is 14.8 Å². The van der Waals surface area contributed by atoms with Gasteiger partial charge in [-0.15, -0.1) is 0 Å². The second kappa shape index (κ2) is 4.28. The third-order valence-corrected chi connectivity index (χ3v) is 1.50. The molecule has 0 unspecified atom stereocenters. The summed E-state index contributed by atoms with van der Waals surface area (Å²) in [5.74, 6) is 0.770. The van der Waals surface area contributed by atoms with Gasteiger partial charge in [0.2, 0.25) is 0 Å². The summed E-state index contributed by atoms with van der Waals surface area (Å²) in [6, 6.07) is 0. The van der Waals surface area contributed by atoms with Crippen LogP contribution in [0.2, 0.25) is 13.1 Å². The van der Waals surface area contributed by atoms with E-state index in [1.54, 1.807) is 6.92 Å². The average molecular weight is 157 g/mol. The molecular weight excluding hydrogens is 144 g/mol. The Kier molecular flexibility index (Phi) is 4.03. The van der Waals surface area contributed by atoms with Crippen molar-refractivity contribution in [2.45, 2.75) is 26.9 Å². The standard InChI is InChI=1S/C7H13O2Si/c1-6(8)5-7(2)9-10(3)4/h5H,1-4H3/b7-5-. The average Bonchev–Trinajstić information content (AvgIpc) is 1.58. The molecule has 0 aromatic heterocycles.